The molecule has 2 N–H and O–H groups in total. The van der Waals surface area contributed by atoms with Gasteiger partial charge in [-0.3, -0.25) is 9.69 Å². The van der Waals surface area contributed by atoms with Crippen molar-refractivity contribution in [2.45, 2.75) is 20.0 Å². The van der Waals surface area contributed by atoms with Crippen LogP contribution in [-0.2, 0) is 17.9 Å². The molecule has 8 heteroatoms. The lowest BCUT2D eigenvalue weighted by molar-refractivity contribution is -0.136. The Labute approximate surface area is 208 Å². The lowest BCUT2D eigenvalue weighted by atomic mass is 10.0. The maximum atomic E-state index is 12.7. The van der Waals surface area contributed by atoms with Crippen molar-refractivity contribution in [3.63, 3.8) is 0 Å². The minimum absolute atomic E-state index is 0.0683. The number of amides is 1. The van der Waals surface area contributed by atoms with Crippen LogP contribution in [0.3, 0.4) is 0 Å². The van der Waals surface area contributed by atoms with Crippen LogP contribution in [0.2, 0.25) is 5.02 Å². The molecule has 1 aliphatic rings. The summed E-state index contributed by atoms with van der Waals surface area (Å²) in [7, 11) is 0. The van der Waals surface area contributed by atoms with Crippen molar-refractivity contribution in [1.82, 2.24) is 19.8 Å². The number of rotatable bonds is 6. The Morgan fingerprint density at radius 3 is 2.60 bits per heavy atom. The second-order valence-electron chi connectivity index (χ2n) is 8.90. The zero-order chi connectivity index (χ0) is 24.5. The van der Waals surface area contributed by atoms with Gasteiger partial charge >= 0.3 is 5.97 Å². The largest absolute Gasteiger partial charge is 0.478 e. The van der Waals surface area contributed by atoms with Crippen LogP contribution < -0.4 is 0 Å². The highest BCUT2D eigenvalue weighted by Gasteiger charge is 2.25. The number of halogens is 1. The lowest BCUT2D eigenvalue weighted by Gasteiger charge is -2.33. The number of piperazine rings is 1. The Hall–Kier alpha value is -3.68. The van der Waals surface area contributed by atoms with Gasteiger partial charge in [-0.05, 0) is 41.8 Å². The van der Waals surface area contributed by atoms with Crippen LogP contribution in [0.4, 0.5) is 0 Å². The molecule has 178 valence electrons. The number of nitrogens with zero attached hydrogens (tertiary/aromatic N) is 3. The van der Waals surface area contributed by atoms with Gasteiger partial charge in [0.05, 0.1) is 24.2 Å². The Morgan fingerprint density at radius 1 is 1.09 bits per heavy atom. The van der Waals surface area contributed by atoms with Crippen molar-refractivity contribution in [3.8, 4) is 11.1 Å². The third-order valence-electron chi connectivity index (χ3n) is 6.29. The van der Waals surface area contributed by atoms with Gasteiger partial charge in [0.2, 0.25) is 5.91 Å². The van der Waals surface area contributed by atoms with Gasteiger partial charge in [0.25, 0.3) is 0 Å². The number of aromatic carboxylic acids is 1. The van der Waals surface area contributed by atoms with E-state index in [1.54, 1.807) is 6.07 Å². The first-order chi connectivity index (χ1) is 16.9. The van der Waals surface area contributed by atoms with Gasteiger partial charge in [0.1, 0.15) is 11.3 Å². The van der Waals surface area contributed by atoms with Crippen molar-refractivity contribution in [3.05, 3.63) is 88.2 Å². The average Bonchev–Trinajstić information content (AvgIpc) is 3.23. The van der Waals surface area contributed by atoms with Crippen LogP contribution in [0, 0.1) is 6.92 Å². The van der Waals surface area contributed by atoms with Crippen molar-refractivity contribution in [2.75, 3.05) is 19.6 Å². The Bertz CT molecular complexity index is 1420. The molecule has 0 unspecified atom stereocenters. The third-order valence-corrected chi connectivity index (χ3v) is 6.60. The Balaban J connectivity index is 1.36. The number of aryl methyl sites for hydroxylation is 1. The number of H-pyrrole nitrogens is 1. The number of hydrogen-bond donors (Lipinski definition) is 2. The fourth-order valence-corrected chi connectivity index (χ4v) is 4.84. The van der Waals surface area contributed by atoms with Crippen molar-refractivity contribution >= 4 is 34.5 Å². The van der Waals surface area contributed by atoms with Crippen LogP contribution in [0.15, 0.2) is 60.7 Å². The molecule has 1 aromatic heterocycles. The third kappa shape index (κ3) is 4.92. The number of carbonyl (C=O) groups is 2. The van der Waals surface area contributed by atoms with E-state index in [0.29, 0.717) is 60.2 Å². The van der Waals surface area contributed by atoms with Gasteiger partial charge in [-0.2, -0.15) is 0 Å². The topological polar surface area (TPSA) is 89.5 Å². The standard InChI is InChI=1S/C27H25ClN4O3/c1-17-7-8-20(22(28)11-17)19-12-21(27(34)35)26-23(13-19)29-24(30-26)15-31-9-10-32(25(33)16-31)14-18-5-3-2-4-6-18/h2-8,11-13H,9-10,14-16H2,1H3,(H,29,30)(H,34,35). The van der Waals surface area contributed by atoms with E-state index in [0.717, 1.165) is 16.7 Å². The quantitative estimate of drug-likeness (QED) is 0.409. The van der Waals surface area contributed by atoms with E-state index >= 15 is 0 Å². The van der Waals surface area contributed by atoms with E-state index in [2.05, 4.69) is 9.97 Å². The van der Waals surface area contributed by atoms with Gasteiger partial charge in [-0.15, -0.1) is 0 Å². The van der Waals surface area contributed by atoms with Gasteiger partial charge in [0.15, 0.2) is 0 Å². The molecule has 4 aromatic rings. The number of aromatic nitrogens is 2. The number of aromatic amines is 1. The highest BCUT2D eigenvalue weighted by Crippen LogP contribution is 2.32. The zero-order valence-corrected chi connectivity index (χ0v) is 20.0. The van der Waals surface area contributed by atoms with Crippen molar-refractivity contribution in [2.24, 2.45) is 0 Å². The van der Waals surface area contributed by atoms with Crippen LogP contribution >= 0.6 is 11.6 Å². The van der Waals surface area contributed by atoms with Gasteiger partial charge in [-0.1, -0.05) is 54.1 Å². The summed E-state index contributed by atoms with van der Waals surface area (Å²) in [6.07, 6.45) is 0. The molecule has 0 atom stereocenters. The summed E-state index contributed by atoms with van der Waals surface area (Å²) in [5.41, 5.74) is 4.74. The maximum absolute atomic E-state index is 12.7. The summed E-state index contributed by atoms with van der Waals surface area (Å²) in [5, 5.41) is 10.4. The molecule has 1 fully saturated rings. The molecule has 0 saturated carbocycles. The molecule has 1 amide bonds. The van der Waals surface area contributed by atoms with E-state index in [1.807, 2.05) is 71.3 Å². The number of nitrogens with one attached hydrogen (secondary N) is 1. The first kappa shape index (κ1) is 23.1. The molecule has 35 heavy (non-hydrogen) atoms. The molecule has 3 aromatic carbocycles. The minimum atomic E-state index is -1.05. The van der Waals surface area contributed by atoms with Gasteiger partial charge in [0, 0.05) is 30.2 Å². The minimum Gasteiger partial charge on any atom is -0.478 e. The molecule has 0 aliphatic carbocycles. The molecule has 1 aliphatic heterocycles. The summed E-state index contributed by atoms with van der Waals surface area (Å²) < 4.78 is 0. The summed E-state index contributed by atoms with van der Waals surface area (Å²) in [4.78, 5) is 36.5. The fraction of sp³-hybridized carbons (Fsp3) is 0.222. The summed E-state index contributed by atoms with van der Waals surface area (Å²) >= 11 is 6.44. The molecule has 0 bridgehead atoms. The predicted octanol–water partition coefficient (Wildman–Crippen LogP) is 4.73. The SMILES string of the molecule is Cc1ccc(-c2cc(C(=O)O)c3nc(CN4CCN(Cc5ccccc5)C(=O)C4)[nH]c3c2)c(Cl)c1. The Kier molecular flexibility index (Phi) is 6.28. The molecular formula is C27H25ClN4O3. The number of fused-ring (bicyclic) bond motifs is 1. The van der Waals surface area contributed by atoms with Crippen LogP contribution in [-0.4, -0.2) is 56.4 Å². The van der Waals surface area contributed by atoms with Crippen LogP contribution in [0.1, 0.15) is 27.3 Å². The molecule has 7 nitrogen and oxygen atoms in total. The van der Waals surface area contributed by atoms with E-state index in [4.69, 9.17) is 11.6 Å². The van der Waals surface area contributed by atoms with Crippen LogP contribution in [0.5, 0.6) is 0 Å². The van der Waals surface area contributed by atoms with Crippen molar-refractivity contribution in [1.29, 1.82) is 0 Å². The fourth-order valence-electron chi connectivity index (χ4n) is 4.49. The number of imidazole rings is 1. The normalized spacial score (nSPS) is 14.6. The summed E-state index contributed by atoms with van der Waals surface area (Å²) in [6, 6.07) is 19.1. The second-order valence-corrected chi connectivity index (χ2v) is 9.31. The lowest BCUT2D eigenvalue weighted by Crippen LogP contribution is -2.49. The smallest absolute Gasteiger partial charge is 0.337 e. The summed E-state index contributed by atoms with van der Waals surface area (Å²) in [5.74, 6) is -0.361. The second kappa shape index (κ2) is 9.52. The average molecular weight is 489 g/mol. The predicted molar refractivity (Wildman–Crippen MR) is 135 cm³/mol. The van der Waals surface area contributed by atoms with E-state index in [-0.39, 0.29) is 11.5 Å². The van der Waals surface area contributed by atoms with Gasteiger partial charge < -0.3 is 15.0 Å². The number of hydrogen-bond acceptors (Lipinski definition) is 4. The number of carbonyl (C=O) groups excluding carboxylic acids is 1. The van der Waals surface area contributed by atoms with E-state index in [9.17, 15) is 14.7 Å². The highest BCUT2D eigenvalue weighted by atomic mass is 35.5. The molecule has 5 rings (SSSR count). The van der Waals surface area contributed by atoms with Crippen LogP contribution in [0.25, 0.3) is 22.2 Å². The molecule has 1 saturated heterocycles. The monoisotopic (exact) mass is 488 g/mol. The maximum Gasteiger partial charge on any atom is 0.337 e. The van der Waals surface area contributed by atoms with Crippen molar-refractivity contribution < 1.29 is 14.7 Å². The van der Waals surface area contributed by atoms with Gasteiger partial charge in [-0.25, -0.2) is 9.78 Å². The number of carboxylic acids is 1. The van der Waals surface area contributed by atoms with E-state index < -0.39 is 5.97 Å². The molecular weight excluding hydrogens is 464 g/mol. The first-order valence-electron chi connectivity index (χ1n) is 11.4. The van der Waals surface area contributed by atoms with E-state index in [1.165, 1.54) is 0 Å². The Morgan fingerprint density at radius 2 is 1.89 bits per heavy atom. The molecule has 0 radical (unpaired) electrons. The molecule has 2 heterocycles. The number of benzene rings is 3. The number of carboxylic acid groups (broad SMARTS) is 1. The first-order valence-corrected chi connectivity index (χ1v) is 11.8. The highest BCUT2D eigenvalue weighted by molar-refractivity contribution is 6.33. The summed E-state index contributed by atoms with van der Waals surface area (Å²) in [6.45, 7) is 4.62. The molecule has 0 spiro atoms. The zero-order valence-electron chi connectivity index (χ0n) is 19.3.